The second kappa shape index (κ2) is 9.42. The molecular weight excluding hydrogens is 304 g/mol. The molecule has 1 atom stereocenters. The number of hydrogen-bond acceptors (Lipinski definition) is 3. The zero-order valence-corrected chi connectivity index (χ0v) is 14.5. The van der Waals surface area contributed by atoms with Gasteiger partial charge in [0.15, 0.2) is 0 Å². The van der Waals surface area contributed by atoms with Gasteiger partial charge in [0.25, 0.3) is 0 Å². The molecule has 132 valence electrons. The highest BCUT2D eigenvalue weighted by Crippen LogP contribution is 2.16. The van der Waals surface area contributed by atoms with Crippen LogP contribution in [-0.2, 0) is 9.59 Å². The summed E-state index contributed by atoms with van der Waals surface area (Å²) in [5.74, 6) is 0.190. The third kappa shape index (κ3) is 5.64. The minimum Gasteiger partial charge on any atom is -0.388 e. The number of carbonyl (C=O) groups excluding carboxylic acids is 2. The second-order valence-electron chi connectivity index (χ2n) is 6.47. The molecule has 1 fully saturated rings. The number of hydrogen-bond donors (Lipinski definition) is 1. The number of nitrogens with zero attached hydrogens (tertiary/aromatic N) is 2. The summed E-state index contributed by atoms with van der Waals surface area (Å²) in [7, 11) is 1.75. The maximum atomic E-state index is 12.2. The largest absolute Gasteiger partial charge is 0.388 e. The molecule has 5 heteroatoms. The van der Waals surface area contributed by atoms with Gasteiger partial charge in [0.2, 0.25) is 11.8 Å². The van der Waals surface area contributed by atoms with Gasteiger partial charge in [0.1, 0.15) is 0 Å². The smallest absolute Gasteiger partial charge is 0.224 e. The quantitative estimate of drug-likeness (QED) is 0.834. The number of amides is 2. The summed E-state index contributed by atoms with van der Waals surface area (Å²) in [6.45, 7) is 1.77. The van der Waals surface area contributed by atoms with Gasteiger partial charge in [0, 0.05) is 39.5 Å². The summed E-state index contributed by atoms with van der Waals surface area (Å²) in [5, 5.41) is 10.2. The Morgan fingerprint density at radius 3 is 2.75 bits per heavy atom. The van der Waals surface area contributed by atoms with Crippen molar-refractivity contribution in [3.63, 3.8) is 0 Å². The first kappa shape index (κ1) is 18.5. The van der Waals surface area contributed by atoms with Gasteiger partial charge in [0.05, 0.1) is 6.10 Å². The Morgan fingerprint density at radius 2 is 2.00 bits per heavy atom. The molecule has 1 aromatic rings. The van der Waals surface area contributed by atoms with Crippen LogP contribution in [0.5, 0.6) is 0 Å². The van der Waals surface area contributed by atoms with Crippen LogP contribution in [-0.4, -0.2) is 53.4 Å². The van der Waals surface area contributed by atoms with Crippen LogP contribution in [0.2, 0.25) is 0 Å². The van der Waals surface area contributed by atoms with Crippen molar-refractivity contribution in [3.8, 4) is 0 Å². The van der Waals surface area contributed by atoms with E-state index in [2.05, 4.69) is 0 Å². The van der Waals surface area contributed by atoms with Gasteiger partial charge in [-0.05, 0) is 24.8 Å². The molecule has 0 spiro atoms. The zero-order valence-electron chi connectivity index (χ0n) is 14.5. The second-order valence-corrected chi connectivity index (χ2v) is 6.47. The molecule has 0 aromatic heterocycles. The molecule has 1 aliphatic heterocycles. The van der Waals surface area contributed by atoms with Crippen LogP contribution in [0.15, 0.2) is 30.3 Å². The fraction of sp³-hybridized carbons (Fsp3) is 0.579. The Kier molecular flexibility index (Phi) is 7.25. The number of aliphatic hydroxyl groups excluding tert-OH is 1. The lowest BCUT2D eigenvalue weighted by Crippen LogP contribution is -2.36. The maximum Gasteiger partial charge on any atom is 0.224 e. The van der Waals surface area contributed by atoms with E-state index in [0.717, 1.165) is 31.4 Å². The van der Waals surface area contributed by atoms with Gasteiger partial charge < -0.3 is 14.9 Å². The lowest BCUT2D eigenvalue weighted by atomic mass is 10.1. The van der Waals surface area contributed by atoms with Gasteiger partial charge in [-0.25, -0.2) is 0 Å². The third-order valence-electron chi connectivity index (χ3n) is 4.62. The molecule has 0 saturated carbocycles. The molecule has 1 aliphatic rings. The topological polar surface area (TPSA) is 60.9 Å². The summed E-state index contributed by atoms with van der Waals surface area (Å²) in [6, 6.07) is 9.47. The Balaban J connectivity index is 1.72. The monoisotopic (exact) mass is 332 g/mol. The van der Waals surface area contributed by atoms with Crippen molar-refractivity contribution < 1.29 is 14.7 Å². The van der Waals surface area contributed by atoms with Crippen LogP contribution in [0.25, 0.3) is 0 Å². The van der Waals surface area contributed by atoms with E-state index in [-0.39, 0.29) is 11.8 Å². The highest BCUT2D eigenvalue weighted by molar-refractivity contribution is 5.79. The minimum absolute atomic E-state index is 0.0207. The first-order chi connectivity index (χ1) is 11.6. The van der Waals surface area contributed by atoms with Crippen molar-refractivity contribution in [1.82, 2.24) is 9.80 Å². The lowest BCUT2D eigenvalue weighted by molar-refractivity contribution is -0.133. The molecule has 0 radical (unpaired) electrons. The minimum atomic E-state index is -0.561. The molecule has 1 N–H and O–H groups in total. The predicted octanol–water partition coefficient (Wildman–Crippen LogP) is 2.36. The van der Waals surface area contributed by atoms with Crippen LogP contribution < -0.4 is 0 Å². The molecule has 1 heterocycles. The summed E-state index contributed by atoms with van der Waals surface area (Å²) >= 11 is 0. The van der Waals surface area contributed by atoms with E-state index in [9.17, 15) is 14.7 Å². The fourth-order valence-corrected chi connectivity index (χ4v) is 2.98. The number of rotatable bonds is 7. The SMILES string of the molecule is CN(CCC(O)c1ccccc1)C(=O)CCN1CCCCCC1=O. The summed E-state index contributed by atoms with van der Waals surface area (Å²) < 4.78 is 0. The van der Waals surface area contributed by atoms with E-state index < -0.39 is 6.10 Å². The third-order valence-corrected chi connectivity index (χ3v) is 4.62. The number of carbonyl (C=O) groups is 2. The Bertz CT molecular complexity index is 533. The fourth-order valence-electron chi connectivity index (χ4n) is 2.98. The predicted molar refractivity (Wildman–Crippen MR) is 93.3 cm³/mol. The number of benzene rings is 1. The molecule has 2 amide bonds. The lowest BCUT2D eigenvalue weighted by Gasteiger charge is -2.23. The Hall–Kier alpha value is -1.88. The van der Waals surface area contributed by atoms with Crippen LogP contribution in [0, 0.1) is 0 Å². The van der Waals surface area contributed by atoms with Crippen molar-refractivity contribution in [2.75, 3.05) is 26.7 Å². The average Bonchev–Trinajstić information content (AvgIpc) is 2.82. The molecule has 1 saturated heterocycles. The van der Waals surface area contributed by atoms with Crippen molar-refractivity contribution in [3.05, 3.63) is 35.9 Å². The molecule has 24 heavy (non-hydrogen) atoms. The van der Waals surface area contributed by atoms with E-state index in [1.54, 1.807) is 11.9 Å². The van der Waals surface area contributed by atoms with Crippen molar-refractivity contribution in [2.45, 2.75) is 44.6 Å². The molecule has 1 aromatic carbocycles. The van der Waals surface area contributed by atoms with E-state index >= 15 is 0 Å². The van der Waals surface area contributed by atoms with Gasteiger partial charge in [-0.3, -0.25) is 9.59 Å². The number of likely N-dealkylation sites (tertiary alicyclic amines) is 1. The highest BCUT2D eigenvalue weighted by atomic mass is 16.3. The molecule has 5 nitrogen and oxygen atoms in total. The van der Waals surface area contributed by atoms with E-state index in [4.69, 9.17) is 0 Å². The van der Waals surface area contributed by atoms with Gasteiger partial charge in [-0.15, -0.1) is 0 Å². The normalized spacial score (nSPS) is 16.6. The van der Waals surface area contributed by atoms with Gasteiger partial charge in [-0.2, -0.15) is 0 Å². The summed E-state index contributed by atoms with van der Waals surface area (Å²) in [4.78, 5) is 27.6. The van der Waals surface area contributed by atoms with Gasteiger partial charge in [-0.1, -0.05) is 36.8 Å². The molecular formula is C19H28N2O3. The molecule has 0 aliphatic carbocycles. The van der Waals surface area contributed by atoms with Crippen molar-refractivity contribution in [2.24, 2.45) is 0 Å². The summed E-state index contributed by atoms with van der Waals surface area (Å²) in [6.07, 6.45) is 3.98. The highest BCUT2D eigenvalue weighted by Gasteiger charge is 2.19. The standard InChI is InChI=1S/C19H28N2O3/c1-20(14-11-17(22)16-8-4-2-5-9-16)18(23)12-15-21-13-7-3-6-10-19(21)24/h2,4-5,8-9,17,22H,3,6-7,10-15H2,1H3. The zero-order chi connectivity index (χ0) is 17.4. The van der Waals surface area contributed by atoms with E-state index in [1.807, 2.05) is 35.2 Å². The Morgan fingerprint density at radius 1 is 1.25 bits per heavy atom. The number of aliphatic hydroxyl groups is 1. The first-order valence-electron chi connectivity index (χ1n) is 8.82. The van der Waals surface area contributed by atoms with Crippen molar-refractivity contribution in [1.29, 1.82) is 0 Å². The molecule has 1 unspecified atom stereocenters. The molecule has 2 rings (SSSR count). The van der Waals surface area contributed by atoms with Crippen LogP contribution in [0.3, 0.4) is 0 Å². The van der Waals surface area contributed by atoms with E-state index in [0.29, 0.717) is 32.4 Å². The van der Waals surface area contributed by atoms with Crippen molar-refractivity contribution >= 4 is 11.8 Å². The van der Waals surface area contributed by atoms with E-state index in [1.165, 1.54) is 0 Å². The van der Waals surface area contributed by atoms with Crippen LogP contribution >= 0.6 is 0 Å². The van der Waals surface area contributed by atoms with Gasteiger partial charge >= 0.3 is 0 Å². The average molecular weight is 332 g/mol. The van der Waals surface area contributed by atoms with Crippen LogP contribution in [0.4, 0.5) is 0 Å². The van der Waals surface area contributed by atoms with Crippen LogP contribution in [0.1, 0.15) is 50.2 Å². The molecule has 0 bridgehead atoms. The maximum absolute atomic E-state index is 12.2. The first-order valence-corrected chi connectivity index (χ1v) is 8.82. The summed E-state index contributed by atoms with van der Waals surface area (Å²) in [5.41, 5.74) is 0.869. The Labute approximate surface area is 144 Å².